The van der Waals surface area contributed by atoms with Crippen molar-refractivity contribution in [3.63, 3.8) is 0 Å². The maximum atomic E-state index is 13.0. The van der Waals surface area contributed by atoms with Gasteiger partial charge in [-0.15, -0.1) is 0 Å². The van der Waals surface area contributed by atoms with E-state index in [0.717, 1.165) is 64.2 Å². The van der Waals surface area contributed by atoms with E-state index in [0.29, 0.717) is 6.54 Å². The third kappa shape index (κ3) is 3.50. The molecule has 3 aliphatic rings. The van der Waals surface area contributed by atoms with Crippen molar-refractivity contribution in [1.29, 1.82) is 0 Å². The highest BCUT2D eigenvalue weighted by Crippen LogP contribution is 2.45. The first-order chi connectivity index (χ1) is 14.7. The van der Waals surface area contributed by atoms with Crippen LogP contribution in [0.15, 0.2) is 42.5 Å². The molecular weight excluding hydrogens is 376 g/mol. The largest absolute Gasteiger partial charge is 0.496 e. The Bertz CT molecular complexity index is 919. The number of rotatable bonds is 3. The molecule has 0 bridgehead atoms. The van der Waals surface area contributed by atoms with Crippen LogP contribution in [0.2, 0.25) is 0 Å². The second-order valence-corrected chi connectivity index (χ2v) is 8.70. The first-order valence-corrected chi connectivity index (χ1v) is 11.1. The zero-order chi connectivity index (χ0) is 20.6. The van der Waals surface area contributed by atoms with Crippen LogP contribution in [0.4, 0.5) is 0 Å². The van der Waals surface area contributed by atoms with E-state index in [9.17, 15) is 4.79 Å². The minimum absolute atomic E-state index is 0.236. The second kappa shape index (κ2) is 8.05. The number of fused-ring (bicyclic) bond motifs is 3. The lowest BCUT2D eigenvalue weighted by Crippen LogP contribution is -2.50. The summed E-state index contributed by atoms with van der Waals surface area (Å²) in [7, 11) is 1.73. The smallest absolute Gasteiger partial charge is 0.236 e. The van der Waals surface area contributed by atoms with Gasteiger partial charge in [0.25, 0.3) is 0 Å². The van der Waals surface area contributed by atoms with Crippen molar-refractivity contribution in [3.8, 4) is 5.75 Å². The van der Waals surface area contributed by atoms with E-state index in [1.807, 2.05) is 11.0 Å². The van der Waals surface area contributed by atoms with Crippen LogP contribution in [0.25, 0.3) is 0 Å². The van der Waals surface area contributed by atoms with E-state index < -0.39 is 0 Å². The second-order valence-electron chi connectivity index (χ2n) is 8.70. The van der Waals surface area contributed by atoms with Crippen LogP contribution in [0.5, 0.6) is 5.75 Å². The molecule has 0 N–H and O–H groups in total. The molecule has 1 saturated heterocycles. The predicted molar refractivity (Wildman–Crippen MR) is 116 cm³/mol. The van der Waals surface area contributed by atoms with Gasteiger partial charge >= 0.3 is 0 Å². The van der Waals surface area contributed by atoms with Crippen molar-refractivity contribution in [3.05, 3.63) is 64.7 Å². The summed E-state index contributed by atoms with van der Waals surface area (Å²) in [5.74, 6) is 1.15. The average Bonchev–Trinajstić information content (AvgIpc) is 2.79. The third-order valence-corrected chi connectivity index (χ3v) is 7.03. The summed E-state index contributed by atoms with van der Waals surface area (Å²) >= 11 is 0. The Hall–Kier alpha value is -2.37. The first-order valence-electron chi connectivity index (χ1n) is 11.1. The SMILES string of the molecule is COc1cccc2c1C1(CCN(C(=O)CN3CCc4ccccc4C3)CC1)OCC2. The topological polar surface area (TPSA) is 42.0 Å². The van der Waals surface area contributed by atoms with Crippen molar-refractivity contribution in [2.45, 2.75) is 37.8 Å². The summed E-state index contributed by atoms with van der Waals surface area (Å²) in [5.41, 5.74) is 4.99. The van der Waals surface area contributed by atoms with Gasteiger partial charge in [0.2, 0.25) is 5.91 Å². The van der Waals surface area contributed by atoms with Gasteiger partial charge in [-0.25, -0.2) is 0 Å². The molecule has 5 nitrogen and oxygen atoms in total. The monoisotopic (exact) mass is 406 g/mol. The Kier molecular flexibility index (Phi) is 5.25. The third-order valence-electron chi connectivity index (χ3n) is 7.03. The zero-order valence-corrected chi connectivity index (χ0v) is 17.7. The van der Waals surface area contributed by atoms with Crippen molar-refractivity contribution >= 4 is 5.91 Å². The van der Waals surface area contributed by atoms with E-state index in [1.54, 1.807) is 7.11 Å². The normalized spacial score (nSPS) is 20.5. The quantitative estimate of drug-likeness (QED) is 0.785. The number of piperidine rings is 1. The maximum Gasteiger partial charge on any atom is 0.236 e. The molecule has 2 aromatic carbocycles. The highest BCUT2D eigenvalue weighted by atomic mass is 16.5. The molecule has 5 rings (SSSR count). The van der Waals surface area contributed by atoms with Crippen molar-refractivity contribution in [2.24, 2.45) is 0 Å². The molecule has 0 aliphatic carbocycles. The Balaban J connectivity index is 1.25. The molecule has 3 aliphatic heterocycles. The molecule has 1 fully saturated rings. The van der Waals surface area contributed by atoms with Crippen LogP contribution in [0.1, 0.15) is 35.1 Å². The molecule has 0 unspecified atom stereocenters. The number of methoxy groups -OCH3 is 1. The summed E-state index contributed by atoms with van der Waals surface area (Å²) in [4.78, 5) is 17.3. The average molecular weight is 407 g/mol. The minimum Gasteiger partial charge on any atom is -0.496 e. The van der Waals surface area contributed by atoms with Gasteiger partial charge in [-0.05, 0) is 48.4 Å². The van der Waals surface area contributed by atoms with Gasteiger partial charge in [0.05, 0.1) is 20.3 Å². The molecule has 0 radical (unpaired) electrons. The van der Waals surface area contributed by atoms with Crippen molar-refractivity contribution in [1.82, 2.24) is 9.80 Å². The molecule has 5 heteroatoms. The van der Waals surface area contributed by atoms with E-state index in [1.165, 1.54) is 22.3 Å². The standard InChI is InChI=1S/C25H30N2O3/c1-29-22-8-4-7-20-10-16-30-25(24(20)22)11-14-27(15-12-25)23(28)18-26-13-9-19-5-2-3-6-21(19)17-26/h2-8H,9-18H2,1H3. The lowest BCUT2D eigenvalue weighted by molar-refractivity contribution is -0.142. The van der Waals surface area contributed by atoms with Crippen molar-refractivity contribution < 1.29 is 14.3 Å². The lowest BCUT2D eigenvalue weighted by atomic mass is 9.78. The van der Waals surface area contributed by atoms with E-state index >= 15 is 0 Å². The fourth-order valence-corrected chi connectivity index (χ4v) is 5.39. The van der Waals surface area contributed by atoms with E-state index in [2.05, 4.69) is 41.3 Å². The summed E-state index contributed by atoms with van der Waals surface area (Å²) in [6, 6.07) is 14.9. The number of ether oxygens (including phenoxy) is 2. The Morgan fingerprint density at radius 3 is 2.57 bits per heavy atom. The lowest BCUT2D eigenvalue weighted by Gasteiger charge is -2.45. The number of likely N-dealkylation sites (tertiary alicyclic amines) is 1. The van der Waals surface area contributed by atoms with Crippen LogP contribution >= 0.6 is 0 Å². The fourth-order valence-electron chi connectivity index (χ4n) is 5.39. The Labute approximate surface area is 178 Å². The van der Waals surface area contributed by atoms with Crippen LogP contribution in [0, 0.1) is 0 Å². The molecule has 1 amide bonds. The molecule has 2 aromatic rings. The molecule has 0 saturated carbocycles. The van der Waals surface area contributed by atoms with Gasteiger partial charge in [-0.1, -0.05) is 36.4 Å². The summed E-state index contributed by atoms with van der Waals surface area (Å²) in [6.45, 7) is 4.53. The number of carbonyl (C=O) groups excluding carboxylic acids is 1. The predicted octanol–water partition coefficient (Wildman–Crippen LogP) is 3.14. The molecule has 1 spiro atoms. The molecule has 158 valence electrons. The van der Waals surface area contributed by atoms with Gasteiger partial charge in [-0.2, -0.15) is 0 Å². The van der Waals surface area contributed by atoms with Crippen LogP contribution in [-0.2, 0) is 34.5 Å². The Morgan fingerprint density at radius 2 is 1.77 bits per heavy atom. The van der Waals surface area contributed by atoms with Crippen LogP contribution < -0.4 is 4.74 Å². The summed E-state index contributed by atoms with van der Waals surface area (Å²) in [5, 5.41) is 0. The van der Waals surface area contributed by atoms with Gasteiger partial charge in [0.1, 0.15) is 11.4 Å². The van der Waals surface area contributed by atoms with Crippen LogP contribution in [-0.4, -0.2) is 55.6 Å². The molecule has 30 heavy (non-hydrogen) atoms. The van der Waals surface area contributed by atoms with Gasteiger partial charge < -0.3 is 14.4 Å². The summed E-state index contributed by atoms with van der Waals surface area (Å²) in [6.07, 6.45) is 3.61. The molecule has 0 aromatic heterocycles. The van der Waals surface area contributed by atoms with E-state index in [-0.39, 0.29) is 11.5 Å². The van der Waals surface area contributed by atoms with Gasteiger partial charge in [-0.3, -0.25) is 9.69 Å². The maximum absolute atomic E-state index is 13.0. The number of hydrogen-bond donors (Lipinski definition) is 0. The molecule has 0 atom stereocenters. The number of benzene rings is 2. The number of nitrogens with zero attached hydrogens (tertiary/aromatic N) is 2. The first kappa shape index (κ1) is 19.6. The number of carbonyl (C=O) groups is 1. The van der Waals surface area contributed by atoms with Gasteiger partial charge in [0, 0.05) is 31.7 Å². The Morgan fingerprint density at radius 1 is 1.00 bits per heavy atom. The number of amides is 1. The van der Waals surface area contributed by atoms with Gasteiger partial charge in [0.15, 0.2) is 0 Å². The molecular formula is C25H30N2O3. The highest BCUT2D eigenvalue weighted by molar-refractivity contribution is 5.78. The summed E-state index contributed by atoms with van der Waals surface area (Å²) < 4.78 is 12.0. The zero-order valence-electron chi connectivity index (χ0n) is 17.7. The minimum atomic E-state index is -0.318. The van der Waals surface area contributed by atoms with Crippen molar-refractivity contribution in [2.75, 3.05) is 39.9 Å². The fraction of sp³-hybridized carbons (Fsp3) is 0.480. The molecule has 3 heterocycles. The van der Waals surface area contributed by atoms with E-state index in [4.69, 9.17) is 9.47 Å². The van der Waals surface area contributed by atoms with Crippen LogP contribution in [0.3, 0.4) is 0 Å². The highest BCUT2D eigenvalue weighted by Gasteiger charge is 2.43. The number of hydrogen-bond acceptors (Lipinski definition) is 4.